The molecule has 1 N–H and O–H groups in total. The summed E-state index contributed by atoms with van der Waals surface area (Å²) in [7, 11) is 0. The third kappa shape index (κ3) is 4.71. The molecule has 2 aromatic carbocycles. The van der Waals surface area contributed by atoms with E-state index in [1.165, 1.54) is 31.2 Å². The van der Waals surface area contributed by atoms with E-state index in [0.29, 0.717) is 17.2 Å². The molecule has 0 unspecified atom stereocenters. The molecule has 33 heavy (non-hydrogen) atoms. The molecule has 1 amide bonds. The van der Waals surface area contributed by atoms with Crippen LogP contribution in [0.4, 0.5) is 17.1 Å². The largest absolute Gasteiger partial charge is 0.454 e. The van der Waals surface area contributed by atoms with E-state index in [-0.39, 0.29) is 35.1 Å². The molecule has 2 heterocycles. The highest BCUT2D eigenvalue weighted by Gasteiger charge is 2.25. The van der Waals surface area contributed by atoms with Crippen molar-refractivity contribution in [3.63, 3.8) is 0 Å². The van der Waals surface area contributed by atoms with E-state index in [1.807, 2.05) is 4.90 Å². The van der Waals surface area contributed by atoms with E-state index in [4.69, 9.17) is 14.2 Å². The molecule has 0 aromatic heterocycles. The first-order valence-corrected chi connectivity index (χ1v) is 10.3. The number of carbonyl (C=O) groups is 3. The number of hydrogen-bond acceptors (Lipinski definition) is 9. The van der Waals surface area contributed by atoms with Crippen LogP contribution in [0.15, 0.2) is 30.3 Å². The Balaban J connectivity index is 1.48. The summed E-state index contributed by atoms with van der Waals surface area (Å²) in [6.45, 7) is 2.14. The average molecular weight is 455 g/mol. The lowest BCUT2D eigenvalue weighted by molar-refractivity contribution is -0.384. The molecule has 2 aliphatic rings. The number of Topliss-reactive ketones (excluding diaryl/α,β-unsaturated/α-hetero) is 1. The van der Waals surface area contributed by atoms with E-state index in [2.05, 4.69) is 5.32 Å². The number of amides is 1. The number of anilines is 2. The third-order valence-corrected chi connectivity index (χ3v) is 5.36. The molecule has 0 radical (unpaired) electrons. The average Bonchev–Trinajstić information content (AvgIpc) is 3.48. The molecule has 2 aromatic rings. The topological polar surface area (TPSA) is 137 Å². The van der Waals surface area contributed by atoms with Crippen molar-refractivity contribution in [1.29, 1.82) is 0 Å². The molecule has 0 bridgehead atoms. The Labute approximate surface area is 188 Å². The molecular formula is C22H21N3O8. The molecule has 2 aliphatic heterocycles. The van der Waals surface area contributed by atoms with Gasteiger partial charge in [0.05, 0.1) is 21.9 Å². The Hall–Kier alpha value is -4.15. The van der Waals surface area contributed by atoms with Crippen molar-refractivity contribution in [3.05, 3.63) is 51.6 Å². The monoisotopic (exact) mass is 455 g/mol. The minimum absolute atomic E-state index is 0.00422. The maximum atomic E-state index is 12.7. The number of hydrogen-bond donors (Lipinski definition) is 1. The van der Waals surface area contributed by atoms with Gasteiger partial charge in [-0.3, -0.25) is 19.7 Å². The van der Waals surface area contributed by atoms with Gasteiger partial charge in [0.2, 0.25) is 6.79 Å². The third-order valence-electron chi connectivity index (χ3n) is 5.36. The highest BCUT2D eigenvalue weighted by atomic mass is 16.7. The van der Waals surface area contributed by atoms with E-state index in [1.54, 1.807) is 0 Å². The van der Waals surface area contributed by atoms with Crippen LogP contribution < -0.4 is 19.7 Å². The van der Waals surface area contributed by atoms with Crippen LogP contribution in [-0.2, 0) is 9.53 Å². The van der Waals surface area contributed by atoms with Gasteiger partial charge in [-0.05, 0) is 31.9 Å². The number of nitro groups is 1. The highest BCUT2D eigenvalue weighted by Crippen LogP contribution is 2.37. The van der Waals surface area contributed by atoms with Gasteiger partial charge in [-0.15, -0.1) is 0 Å². The number of non-ortho nitro benzene ring substituents is 1. The first-order chi connectivity index (χ1) is 15.8. The summed E-state index contributed by atoms with van der Waals surface area (Å²) in [6, 6.07) is 6.94. The van der Waals surface area contributed by atoms with Crippen molar-refractivity contribution in [2.45, 2.75) is 19.8 Å². The molecular weight excluding hydrogens is 434 g/mol. The van der Waals surface area contributed by atoms with Crippen molar-refractivity contribution >= 4 is 34.7 Å². The Morgan fingerprint density at radius 1 is 1.09 bits per heavy atom. The van der Waals surface area contributed by atoms with Gasteiger partial charge in [-0.2, -0.15) is 0 Å². The number of rotatable bonds is 7. The first-order valence-electron chi connectivity index (χ1n) is 10.3. The van der Waals surface area contributed by atoms with E-state index in [9.17, 15) is 24.5 Å². The Morgan fingerprint density at radius 2 is 1.79 bits per heavy atom. The molecule has 0 spiro atoms. The van der Waals surface area contributed by atoms with Crippen molar-refractivity contribution in [3.8, 4) is 11.5 Å². The number of benzene rings is 2. The number of nitrogens with one attached hydrogen (secondary N) is 1. The zero-order chi connectivity index (χ0) is 23.5. The van der Waals surface area contributed by atoms with Crippen LogP contribution in [0.3, 0.4) is 0 Å². The van der Waals surface area contributed by atoms with Gasteiger partial charge in [0, 0.05) is 36.9 Å². The number of nitrogens with zero attached hydrogens (tertiary/aromatic N) is 2. The van der Waals surface area contributed by atoms with Crippen molar-refractivity contribution in [1.82, 2.24) is 0 Å². The smallest absolute Gasteiger partial charge is 0.341 e. The van der Waals surface area contributed by atoms with Gasteiger partial charge in [-0.25, -0.2) is 4.79 Å². The Kier molecular flexibility index (Phi) is 6.11. The summed E-state index contributed by atoms with van der Waals surface area (Å²) >= 11 is 0. The summed E-state index contributed by atoms with van der Waals surface area (Å²) in [6.07, 6.45) is 1.89. The van der Waals surface area contributed by atoms with Crippen LogP contribution in [0.25, 0.3) is 0 Å². The minimum atomic E-state index is -0.853. The Bertz CT molecular complexity index is 1140. The molecule has 0 saturated carbocycles. The summed E-state index contributed by atoms with van der Waals surface area (Å²) in [5.74, 6) is -1.07. The fourth-order valence-corrected chi connectivity index (χ4v) is 3.77. The van der Waals surface area contributed by atoms with Crippen LogP contribution in [0.1, 0.15) is 40.5 Å². The fourth-order valence-electron chi connectivity index (χ4n) is 3.77. The standard InChI is InChI=1S/C22H21N3O8/c1-13(26)15-9-19-20(33-12-32-19)10-17(15)23-21(27)11-31-22(28)16-8-14(25(29)30)4-5-18(16)24-6-2-3-7-24/h4-5,8-10H,2-3,6-7,11-12H2,1H3,(H,23,27). The predicted octanol–water partition coefficient (Wildman–Crippen LogP) is 2.92. The normalized spacial score (nSPS) is 14.2. The first kappa shape index (κ1) is 22.1. The van der Waals surface area contributed by atoms with Crippen LogP contribution in [-0.4, -0.2) is 49.1 Å². The molecule has 11 nitrogen and oxygen atoms in total. The second-order valence-electron chi connectivity index (χ2n) is 7.58. The second kappa shape index (κ2) is 9.15. The van der Waals surface area contributed by atoms with Gasteiger partial charge < -0.3 is 24.4 Å². The summed E-state index contributed by atoms with van der Waals surface area (Å²) < 4.78 is 15.7. The number of esters is 1. The van der Waals surface area contributed by atoms with Crippen LogP contribution in [0, 0.1) is 10.1 Å². The molecule has 0 aliphatic carbocycles. The van der Waals surface area contributed by atoms with Crippen LogP contribution in [0.5, 0.6) is 11.5 Å². The van der Waals surface area contributed by atoms with Crippen molar-refractivity contribution < 1.29 is 33.5 Å². The molecule has 1 saturated heterocycles. The summed E-state index contributed by atoms with van der Waals surface area (Å²) in [4.78, 5) is 49.7. The lowest BCUT2D eigenvalue weighted by atomic mass is 10.1. The van der Waals surface area contributed by atoms with E-state index < -0.39 is 23.4 Å². The number of ether oxygens (including phenoxy) is 3. The van der Waals surface area contributed by atoms with Crippen LogP contribution in [0.2, 0.25) is 0 Å². The number of ketones is 1. The molecule has 172 valence electrons. The van der Waals surface area contributed by atoms with Gasteiger partial charge in [0.15, 0.2) is 23.9 Å². The number of carbonyl (C=O) groups excluding carboxylic acids is 3. The predicted molar refractivity (Wildman–Crippen MR) is 116 cm³/mol. The zero-order valence-corrected chi connectivity index (χ0v) is 17.8. The lowest BCUT2D eigenvalue weighted by Gasteiger charge is -2.20. The SMILES string of the molecule is CC(=O)c1cc2c(cc1NC(=O)COC(=O)c1cc([N+](=O)[O-])ccc1N1CCCC1)OCO2. The van der Waals surface area contributed by atoms with Gasteiger partial charge >= 0.3 is 5.97 Å². The summed E-state index contributed by atoms with van der Waals surface area (Å²) in [5, 5.41) is 13.7. The highest BCUT2D eigenvalue weighted by molar-refractivity contribution is 6.05. The van der Waals surface area contributed by atoms with Crippen molar-refractivity contribution in [2.75, 3.05) is 36.7 Å². The maximum absolute atomic E-state index is 12.7. The van der Waals surface area contributed by atoms with Gasteiger partial charge in [-0.1, -0.05) is 0 Å². The Morgan fingerprint density at radius 3 is 2.45 bits per heavy atom. The second-order valence-corrected chi connectivity index (χ2v) is 7.58. The molecule has 1 fully saturated rings. The van der Waals surface area contributed by atoms with Crippen LogP contribution >= 0.6 is 0 Å². The zero-order valence-electron chi connectivity index (χ0n) is 17.8. The van der Waals surface area contributed by atoms with E-state index in [0.717, 1.165) is 32.0 Å². The van der Waals surface area contributed by atoms with E-state index >= 15 is 0 Å². The molecule has 0 atom stereocenters. The number of fused-ring (bicyclic) bond motifs is 1. The minimum Gasteiger partial charge on any atom is -0.454 e. The quantitative estimate of drug-likeness (QED) is 0.289. The maximum Gasteiger partial charge on any atom is 0.341 e. The molecule has 11 heteroatoms. The van der Waals surface area contributed by atoms with Gasteiger partial charge in [0.1, 0.15) is 0 Å². The van der Waals surface area contributed by atoms with Crippen molar-refractivity contribution in [2.24, 2.45) is 0 Å². The lowest BCUT2D eigenvalue weighted by Crippen LogP contribution is -2.24. The number of nitro benzene ring substituents is 1. The summed E-state index contributed by atoms with van der Waals surface area (Å²) in [5.41, 5.74) is 0.709. The van der Waals surface area contributed by atoms with Gasteiger partial charge in [0.25, 0.3) is 11.6 Å². The fraction of sp³-hybridized carbons (Fsp3) is 0.318. The molecule has 4 rings (SSSR count).